The summed E-state index contributed by atoms with van der Waals surface area (Å²) in [4.78, 5) is 73.1. The van der Waals surface area contributed by atoms with Gasteiger partial charge in [-0.1, -0.05) is 401 Å². The van der Waals surface area contributed by atoms with E-state index >= 15 is 0 Å². The molecule has 3 N–H and O–H groups in total. The second kappa shape index (κ2) is 76.4. The summed E-state index contributed by atoms with van der Waals surface area (Å²) >= 11 is 0. The Labute approximate surface area is 638 Å². The van der Waals surface area contributed by atoms with Crippen LogP contribution in [0.4, 0.5) is 0 Å². The smallest absolute Gasteiger partial charge is 0.462 e. The van der Waals surface area contributed by atoms with Crippen molar-refractivity contribution < 1.29 is 80.2 Å². The highest BCUT2D eigenvalue weighted by molar-refractivity contribution is 7.47. The van der Waals surface area contributed by atoms with E-state index in [9.17, 15) is 43.2 Å². The zero-order valence-electron chi connectivity index (χ0n) is 68.3. The van der Waals surface area contributed by atoms with Gasteiger partial charge in [0.1, 0.15) is 19.3 Å². The molecule has 0 aliphatic rings. The molecule has 104 heavy (non-hydrogen) atoms. The molecule has 618 valence electrons. The number of ether oxygens (including phenoxy) is 4. The average Bonchev–Trinajstić information content (AvgIpc) is 0.922. The second-order valence-corrected chi connectivity index (χ2v) is 34.2. The van der Waals surface area contributed by atoms with Crippen molar-refractivity contribution in [3.63, 3.8) is 0 Å². The molecule has 0 radical (unpaired) electrons. The molecule has 19 heteroatoms. The minimum atomic E-state index is -4.96. The number of hydrogen-bond acceptors (Lipinski definition) is 15. The zero-order chi connectivity index (χ0) is 76.4. The first-order valence-electron chi connectivity index (χ1n) is 44.0. The Kier molecular flexibility index (Phi) is 75.0. The summed E-state index contributed by atoms with van der Waals surface area (Å²) in [5.41, 5.74) is 0. The number of esters is 4. The maximum Gasteiger partial charge on any atom is 0.472 e. The van der Waals surface area contributed by atoms with Gasteiger partial charge in [0.25, 0.3) is 0 Å². The first kappa shape index (κ1) is 102. The van der Waals surface area contributed by atoms with Gasteiger partial charge in [-0.3, -0.25) is 37.3 Å². The Balaban J connectivity index is 5.19. The first-order valence-corrected chi connectivity index (χ1v) is 47.0. The Bertz CT molecular complexity index is 2000. The molecule has 0 aliphatic carbocycles. The molecule has 0 saturated heterocycles. The summed E-state index contributed by atoms with van der Waals surface area (Å²) in [7, 11) is -9.92. The largest absolute Gasteiger partial charge is 0.472 e. The minimum absolute atomic E-state index is 0.107. The molecular weight excluding hydrogens is 1350 g/mol. The van der Waals surface area contributed by atoms with E-state index < -0.39 is 97.5 Å². The molecule has 0 rings (SSSR count). The average molecular weight is 1520 g/mol. The second-order valence-electron chi connectivity index (χ2n) is 31.3. The van der Waals surface area contributed by atoms with Crippen molar-refractivity contribution in [3.05, 3.63) is 0 Å². The topological polar surface area (TPSA) is 237 Å². The lowest BCUT2D eigenvalue weighted by Crippen LogP contribution is -2.30. The summed E-state index contributed by atoms with van der Waals surface area (Å²) in [5, 5.41) is 10.7. The maximum atomic E-state index is 13.1. The molecule has 0 heterocycles. The van der Waals surface area contributed by atoms with E-state index in [2.05, 4.69) is 41.5 Å². The summed E-state index contributed by atoms with van der Waals surface area (Å²) in [5.74, 6) is -0.470. The number of aliphatic hydroxyl groups excluding tert-OH is 1. The van der Waals surface area contributed by atoms with Gasteiger partial charge in [-0.25, -0.2) is 9.13 Å². The van der Waals surface area contributed by atoms with Crippen molar-refractivity contribution in [3.8, 4) is 0 Å². The van der Waals surface area contributed by atoms with Crippen LogP contribution >= 0.6 is 15.6 Å². The Morgan fingerprint density at radius 3 is 0.731 bits per heavy atom. The van der Waals surface area contributed by atoms with E-state index in [1.54, 1.807) is 0 Å². The van der Waals surface area contributed by atoms with Crippen LogP contribution in [-0.4, -0.2) is 96.7 Å². The van der Waals surface area contributed by atoms with Crippen LogP contribution in [0, 0.1) is 11.8 Å². The molecule has 0 fully saturated rings. The quantitative estimate of drug-likeness (QED) is 0.0222. The highest BCUT2D eigenvalue weighted by Gasteiger charge is 2.30. The maximum absolute atomic E-state index is 13.1. The Hall–Kier alpha value is -1.94. The molecule has 3 unspecified atom stereocenters. The van der Waals surface area contributed by atoms with Crippen LogP contribution in [0.25, 0.3) is 0 Å². The van der Waals surface area contributed by atoms with Crippen LogP contribution in [0.2, 0.25) is 0 Å². The zero-order valence-corrected chi connectivity index (χ0v) is 70.1. The van der Waals surface area contributed by atoms with E-state index in [0.717, 1.165) is 108 Å². The van der Waals surface area contributed by atoms with Crippen LogP contribution in [-0.2, 0) is 65.4 Å². The number of aliphatic hydroxyl groups is 1. The van der Waals surface area contributed by atoms with Gasteiger partial charge in [0.2, 0.25) is 0 Å². The number of phosphoric ester groups is 2. The summed E-state index contributed by atoms with van der Waals surface area (Å²) in [6.45, 7) is 9.70. The van der Waals surface area contributed by atoms with Crippen molar-refractivity contribution >= 4 is 39.5 Å². The number of rotatable bonds is 84. The van der Waals surface area contributed by atoms with Gasteiger partial charge in [-0.15, -0.1) is 0 Å². The number of carbonyl (C=O) groups is 4. The number of phosphoric acid groups is 2. The van der Waals surface area contributed by atoms with Gasteiger partial charge < -0.3 is 33.8 Å². The van der Waals surface area contributed by atoms with E-state index in [4.69, 9.17) is 37.0 Å². The summed E-state index contributed by atoms with van der Waals surface area (Å²) in [6.07, 6.45) is 68.1. The van der Waals surface area contributed by atoms with Crippen LogP contribution in [0.5, 0.6) is 0 Å². The molecule has 0 amide bonds. The molecule has 0 aliphatic heterocycles. The van der Waals surface area contributed by atoms with E-state index in [1.807, 2.05) is 0 Å². The lowest BCUT2D eigenvalue weighted by atomic mass is 9.99. The lowest BCUT2D eigenvalue weighted by Gasteiger charge is -2.21. The van der Waals surface area contributed by atoms with Crippen molar-refractivity contribution in [1.82, 2.24) is 0 Å². The molecule has 0 bridgehead atoms. The minimum Gasteiger partial charge on any atom is -0.462 e. The monoisotopic (exact) mass is 1520 g/mol. The molecule has 0 aromatic rings. The van der Waals surface area contributed by atoms with Crippen molar-refractivity contribution in [2.45, 2.75) is 471 Å². The van der Waals surface area contributed by atoms with E-state index in [-0.39, 0.29) is 25.7 Å². The molecular formula is C85H166O17P2. The fourth-order valence-electron chi connectivity index (χ4n) is 13.2. The molecule has 17 nitrogen and oxygen atoms in total. The van der Waals surface area contributed by atoms with Crippen LogP contribution in [0.1, 0.15) is 452 Å². The lowest BCUT2D eigenvalue weighted by molar-refractivity contribution is -0.161. The molecule has 6 atom stereocenters. The fourth-order valence-corrected chi connectivity index (χ4v) is 14.8. The third-order valence-corrected chi connectivity index (χ3v) is 22.2. The Morgan fingerprint density at radius 1 is 0.279 bits per heavy atom. The SMILES string of the molecule is CCCCCCCCCCCCCCCCCCCCCCCCC(=O)O[C@H](COC(=O)CCCCCCCCCCCCCCCCC(C)CC)COP(=O)(O)OC[C@@H](O)COP(=O)(O)OC[C@@H](COC(=O)CCCCCCCCCC)OC(=O)CCCCCCCCCCCCCCCC(C)C. The van der Waals surface area contributed by atoms with E-state index in [0.29, 0.717) is 25.7 Å². The number of carbonyl (C=O) groups excluding carboxylic acids is 4. The van der Waals surface area contributed by atoms with Crippen LogP contribution in [0.15, 0.2) is 0 Å². The predicted molar refractivity (Wildman–Crippen MR) is 428 cm³/mol. The highest BCUT2D eigenvalue weighted by Crippen LogP contribution is 2.45. The van der Waals surface area contributed by atoms with Gasteiger partial charge in [0.15, 0.2) is 12.2 Å². The fraction of sp³-hybridized carbons (Fsp3) is 0.953. The predicted octanol–water partition coefficient (Wildman–Crippen LogP) is 25.8. The van der Waals surface area contributed by atoms with Gasteiger partial charge in [-0.05, 0) is 37.5 Å². The molecule has 0 aromatic carbocycles. The Morgan fingerprint density at radius 2 is 0.490 bits per heavy atom. The van der Waals surface area contributed by atoms with Crippen LogP contribution < -0.4 is 0 Å². The van der Waals surface area contributed by atoms with E-state index in [1.165, 1.54) is 263 Å². The highest BCUT2D eigenvalue weighted by atomic mass is 31.2. The normalized spacial score (nSPS) is 14.1. The van der Waals surface area contributed by atoms with Gasteiger partial charge in [0, 0.05) is 25.7 Å². The van der Waals surface area contributed by atoms with Crippen molar-refractivity contribution in [2.24, 2.45) is 11.8 Å². The molecule has 0 saturated carbocycles. The third-order valence-electron chi connectivity index (χ3n) is 20.3. The molecule has 0 aromatic heterocycles. The van der Waals surface area contributed by atoms with Gasteiger partial charge >= 0.3 is 39.5 Å². The van der Waals surface area contributed by atoms with Gasteiger partial charge in [-0.2, -0.15) is 0 Å². The van der Waals surface area contributed by atoms with Gasteiger partial charge in [0.05, 0.1) is 26.4 Å². The van der Waals surface area contributed by atoms with Crippen LogP contribution in [0.3, 0.4) is 0 Å². The summed E-state index contributed by atoms with van der Waals surface area (Å²) < 4.78 is 68.8. The standard InChI is InChI=1S/C85H166O17P2/c1-7-10-12-14-16-18-19-20-21-22-23-24-25-26-27-28-35-40-45-51-57-63-69-85(90)102-81(74-96-83(88)68-62-56-50-44-39-34-30-29-33-38-43-48-54-60-66-78(6)9-3)76-100-104(93,94)98-72-79(86)71-97-103(91,92)99-75-80(73-95-82(87)67-61-55-49-17-15-13-11-8-2)101-84(89)70-64-58-52-46-41-36-31-32-37-42-47-53-59-65-77(4)5/h77-81,86H,7-76H2,1-6H3,(H,91,92)(H,93,94)/t78?,79-,80+,81+/m0/s1. The molecule has 0 spiro atoms. The van der Waals surface area contributed by atoms with Crippen molar-refractivity contribution in [1.29, 1.82) is 0 Å². The third kappa shape index (κ3) is 76.8. The summed E-state index contributed by atoms with van der Waals surface area (Å²) in [6, 6.07) is 0. The van der Waals surface area contributed by atoms with Crippen molar-refractivity contribution in [2.75, 3.05) is 39.6 Å². The number of unbranched alkanes of at least 4 members (excludes halogenated alkanes) is 53. The first-order chi connectivity index (χ1) is 50.4. The number of hydrogen-bond donors (Lipinski definition) is 3.